The van der Waals surface area contributed by atoms with Crippen LogP contribution in [0.15, 0.2) is 90.0 Å². The minimum atomic E-state index is -0.368. The average Bonchev–Trinajstić information content (AvgIpc) is 2.76. The van der Waals surface area contributed by atoms with Crippen LogP contribution in [0.25, 0.3) is 6.08 Å². The van der Waals surface area contributed by atoms with E-state index in [1.54, 1.807) is 43.3 Å². The monoisotopic (exact) mass is 388 g/mol. The number of carbonyl (C=O) groups excluding carboxylic acids is 1. The van der Waals surface area contributed by atoms with E-state index in [-0.39, 0.29) is 18.3 Å². The molecule has 0 aliphatic carbocycles. The predicted octanol–water partition coefficient (Wildman–Crippen LogP) is 5.22. The number of hydrazone groups is 1. The lowest BCUT2D eigenvalue weighted by Crippen LogP contribution is -2.19. The first-order chi connectivity index (χ1) is 14.1. The fourth-order valence-electron chi connectivity index (χ4n) is 2.54. The molecule has 4 nitrogen and oxygen atoms in total. The number of allylic oxidation sites excluding steroid dienone is 1. The molecule has 0 bridgehead atoms. The number of carbonyl (C=O) groups is 1. The van der Waals surface area contributed by atoms with Crippen LogP contribution in [0.2, 0.25) is 0 Å². The SMILES string of the molecule is CC(/C=C/c1ccccc1)=N/NC(=O)c1ccccc1OCc1ccc(F)cc1. The Hall–Kier alpha value is -3.73. The third-order valence-electron chi connectivity index (χ3n) is 4.09. The largest absolute Gasteiger partial charge is 0.488 e. The van der Waals surface area contributed by atoms with E-state index in [0.717, 1.165) is 11.1 Å². The highest BCUT2D eigenvalue weighted by Gasteiger charge is 2.11. The molecule has 0 aromatic heterocycles. The minimum Gasteiger partial charge on any atom is -0.488 e. The topological polar surface area (TPSA) is 50.7 Å². The fraction of sp³-hybridized carbons (Fsp3) is 0.0833. The van der Waals surface area contributed by atoms with Crippen molar-refractivity contribution in [2.75, 3.05) is 0 Å². The van der Waals surface area contributed by atoms with Gasteiger partial charge >= 0.3 is 0 Å². The first-order valence-electron chi connectivity index (χ1n) is 9.16. The maximum Gasteiger partial charge on any atom is 0.275 e. The third-order valence-corrected chi connectivity index (χ3v) is 4.09. The quantitative estimate of drug-likeness (QED) is 0.445. The van der Waals surface area contributed by atoms with Gasteiger partial charge in [-0.3, -0.25) is 4.79 Å². The lowest BCUT2D eigenvalue weighted by Gasteiger charge is -2.10. The van der Waals surface area contributed by atoms with Crippen molar-refractivity contribution >= 4 is 17.7 Å². The van der Waals surface area contributed by atoms with Gasteiger partial charge in [-0.15, -0.1) is 0 Å². The molecular formula is C24H21FN2O2. The lowest BCUT2D eigenvalue weighted by molar-refractivity contribution is 0.0950. The Kier molecular flexibility index (Phi) is 6.90. The van der Waals surface area contributed by atoms with Gasteiger partial charge in [-0.25, -0.2) is 9.82 Å². The number of ether oxygens (including phenoxy) is 1. The highest BCUT2D eigenvalue weighted by Crippen LogP contribution is 2.19. The maximum atomic E-state index is 13.0. The van der Waals surface area contributed by atoms with Crippen molar-refractivity contribution in [1.82, 2.24) is 5.43 Å². The Morgan fingerprint density at radius 2 is 1.69 bits per heavy atom. The summed E-state index contributed by atoms with van der Waals surface area (Å²) in [5.41, 5.74) is 5.44. The van der Waals surface area contributed by atoms with Crippen molar-refractivity contribution in [2.45, 2.75) is 13.5 Å². The van der Waals surface area contributed by atoms with E-state index in [1.807, 2.05) is 42.5 Å². The number of nitrogens with zero attached hydrogens (tertiary/aromatic N) is 1. The Bertz CT molecular complexity index is 1010. The van der Waals surface area contributed by atoms with Crippen LogP contribution < -0.4 is 10.2 Å². The molecule has 5 heteroatoms. The van der Waals surface area contributed by atoms with Crippen molar-refractivity contribution in [1.29, 1.82) is 0 Å². The lowest BCUT2D eigenvalue weighted by atomic mass is 10.2. The highest BCUT2D eigenvalue weighted by molar-refractivity contribution is 6.00. The molecule has 0 aliphatic rings. The van der Waals surface area contributed by atoms with Gasteiger partial charge in [0.2, 0.25) is 0 Å². The van der Waals surface area contributed by atoms with E-state index in [4.69, 9.17) is 4.74 Å². The van der Waals surface area contributed by atoms with E-state index in [2.05, 4.69) is 10.5 Å². The summed E-state index contributed by atoms with van der Waals surface area (Å²) >= 11 is 0. The number of benzene rings is 3. The number of hydrogen-bond acceptors (Lipinski definition) is 3. The van der Waals surface area contributed by atoms with Crippen LogP contribution >= 0.6 is 0 Å². The molecule has 0 spiro atoms. The minimum absolute atomic E-state index is 0.229. The van der Waals surface area contributed by atoms with E-state index in [1.165, 1.54) is 12.1 Å². The molecule has 0 saturated heterocycles. The normalized spacial score (nSPS) is 11.4. The molecule has 0 unspecified atom stereocenters. The molecule has 1 N–H and O–H groups in total. The maximum absolute atomic E-state index is 13.0. The molecule has 0 atom stereocenters. The first kappa shape index (κ1) is 20.0. The summed E-state index contributed by atoms with van der Waals surface area (Å²) in [5, 5.41) is 4.12. The van der Waals surface area contributed by atoms with Gasteiger partial charge in [0.1, 0.15) is 18.2 Å². The van der Waals surface area contributed by atoms with Gasteiger partial charge in [0.15, 0.2) is 0 Å². The summed E-state index contributed by atoms with van der Waals surface area (Å²) in [4.78, 5) is 12.5. The first-order valence-corrected chi connectivity index (χ1v) is 9.16. The summed E-state index contributed by atoms with van der Waals surface area (Å²) in [5.74, 6) is -0.239. The second kappa shape index (κ2) is 9.99. The molecule has 1 amide bonds. The summed E-state index contributed by atoms with van der Waals surface area (Å²) in [7, 11) is 0. The van der Waals surface area contributed by atoms with E-state index in [0.29, 0.717) is 17.0 Å². The molecule has 0 saturated carbocycles. The number of para-hydroxylation sites is 1. The molecule has 3 aromatic carbocycles. The number of rotatable bonds is 7. The Morgan fingerprint density at radius 1 is 1.00 bits per heavy atom. The predicted molar refractivity (Wildman–Crippen MR) is 113 cm³/mol. The van der Waals surface area contributed by atoms with Gasteiger partial charge in [0, 0.05) is 0 Å². The van der Waals surface area contributed by atoms with Gasteiger partial charge in [-0.05, 0) is 48.4 Å². The molecule has 29 heavy (non-hydrogen) atoms. The zero-order valence-electron chi connectivity index (χ0n) is 16.0. The second-order valence-corrected chi connectivity index (χ2v) is 6.35. The van der Waals surface area contributed by atoms with Crippen LogP contribution in [0.3, 0.4) is 0 Å². The van der Waals surface area contributed by atoms with E-state index < -0.39 is 0 Å². The summed E-state index contributed by atoms with van der Waals surface area (Å²) in [6, 6.07) is 22.8. The summed E-state index contributed by atoms with van der Waals surface area (Å²) < 4.78 is 18.8. The number of halogens is 1. The van der Waals surface area contributed by atoms with Gasteiger partial charge in [0.25, 0.3) is 5.91 Å². The van der Waals surface area contributed by atoms with Crippen molar-refractivity contribution < 1.29 is 13.9 Å². The molecule has 0 aliphatic heterocycles. The van der Waals surface area contributed by atoms with Crippen LogP contribution in [0.1, 0.15) is 28.4 Å². The standard InChI is InChI=1S/C24H21FN2O2/c1-18(11-12-19-7-3-2-4-8-19)26-27-24(28)22-9-5-6-10-23(22)29-17-20-13-15-21(25)16-14-20/h2-16H,17H2,1H3,(H,27,28)/b12-11+,26-18-. The van der Waals surface area contributed by atoms with Crippen molar-refractivity contribution in [3.8, 4) is 5.75 Å². The second-order valence-electron chi connectivity index (χ2n) is 6.35. The molecule has 3 aromatic rings. The molecular weight excluding hydrogens is 367 g/mol. The zero-order chi connectivity index (χ0) is 20.5. The smallest absolute Gasteiger partial charge is 0.275 e. The average molecular weight is 388 g/mol. The van der Waals surface area contributed by atoms with E-state index in [9.17, 15) is 9.18 Å². The molecule has 146 valence electrons. The van der Waals surface area contributed by atoms with Crippen molar-refractivity contribution in [3.63, 3.8) is 0 Å². The molecule has 0 heterocycles. The molecule has 0 fully saturated rings. The van der Waals surface area contributed by atoms with Gasteiger partial charge < -0.3 is 4.74 Å². The Balaban J connectivity index is 1.63. The van der Waals surface area contributed by atoms with Crippen LogP contribution in [0.4, 0.5) is 4.39 Å². The van der Waals surface area contributed by atoms with Gasteiger partial charge in [0.05, 0.1) is 11.3 Å². The molecule has 0 radical (unpaired) electrons. The Morgan fingerprint density at radius 3 is 2.45 bits per heavy atom. The van der Waals surface area contributed by atoms with Crippen LogP contribution in [0, 0.1) is 5.82 Å². The Labute approximate surface area is 169 Å². The summed E-state index contributed by atoms with van der Waals surface area (Å²) in [6.45, 7) is 2.03. The zero-order valence-corrected chi connectivity index (χ0v) is 16.0. The third kappa shape index (κ3) is 6.14. The van der Waals surface area contributed by atoms with E-state index >= 15 is 0 Å². The van der Waals surface area contributed by atoms with Crippen molar-refractivity contribution in [3.05, 3.63) is 107 Å². The summed E-state index contributed by atoms with van der Waals surface area (Å²) in [6.07, 6.45) is 3.75. The van der Waals surface area contributed by atoms with Crippen LogP contribution in [-0.2, 0) is 6.61 Å². The van der Waals surface area contributed by atoms with Gasteiger partial charge in [-0.2, -0.15) is 5.10 Å². The van der Waals surface area contributed by atoms with Crippen LogP contribution in [-0.4, -0.2) is 11.6 Å². The molecule has 3 rings (SSSR count). The number of amides is 1. The van der Waals surface area contributed by atoms with Crippen LogP contribution in [0.5, 0.6) is 5.75 Å². The number of nitrogens with one attached hydrogen (secondary N) is 1. The van der Waals surface area contributed by atoms with Gasteiger partial charge in [-0.1, -0.05) is 60.7 Å². The highest BCUT2D eigenvalue weighted by atomic mass is 19.1. The van der Waals surface area contributed by atoms with Crippen molar-refractivity contribution in [2.24, 2.45) is 5.10 Å². The fourth-order valence-corrected chi connectivity index (χ4v) is 2.54. The number of hydrogen-bond donors (Lipinski definition) is 1.